The number of amides is 1. The van der Waals surface area contributed by atoms with Gasteiger partial charge in [-0.05, 0) is 18.2 Å². The summed E-state index contributed by atoms with van der Waals surface area (Å²) in [4.78, 5) is 24.1. The van der Waals surface area contributed by atoms with Crippen LogP contribution in [-0.2, 0) is 11.0 Å². The van der Waals surface area contributed by atoms with E-state index in [1.807, 2.05) is 0 Å². The summed E-state index contributed by atoms with van der Waals surface area (Å²) in [6, 6.07) is 2.53. The van der Waals surface area contributed by atoms with Crippen LogP contribution in [0.4, 0.5) is 13.2 Å². The van der Waals surface area contributed by atoms with E-state index < -0.39 is 35.8 Å². The maximum atomic E-state index is 12.6. The van der Waals surface area contributed by atoms with E-state index in [-0.39, 0.29) is 18.5 Å². The summed E-state index contributed by atoms with van der Waals surface area (Å²) in [6.45, 7) is -0.216. The van der Waals surface area contributed by atoms with Gasteiger partial charge in [-0.25, -0.2) is 4.79 Å². The molecule has 0 aromatic heterocycles. The van der Waals surface area contributed by atoms with Gasteiger partial charge in [-0.3, -0.25) is 4.79 Å². The molecule has 1 aliphatic heterocycles. The van der Waals surface area contributed by atoms with Crippen LogP contribution in [0.1, 0.15) is 22.3 Å². The molecular weight excluding hydrogens is 291 g/mol. The molecule has 1 saturated heterocycles. The third-order valence-electron chi connectivity index (χ3n) is 3.26. The second-order valence-corrected chi connectivity index (χ2v) is 4.78. The van der Waals surface area contributed by atoms with Crippen molar-refractivity contribution in [3.8, 4) is 0 Å². The zero-order valence-electron chi connectivity index (χ0n) is 10.7. The molecule has 8 heteroatoms. The fourth-order valence-electron chi connectivity index (χ4n) is 2.27. The highest BCUT2D eigenvalue weighted by atomic mass is 19.4. The molecule has 1 aliphatic rings. The highest BCUT2D eigenvalue weighted by Gasteiger charge is 2.39. The molecule has 0 bridgehead atoms. The van der Waals surface area contributed by atoms with Gasteiger partial charge in [0.2, 0.25) is 0 Å². The third kappa shape index (κ3) is 3.15. The first-order chi connectivity index (χ1) is 9.70. The second kappa shape index (κ2) is 5.36. The number of alkyl halides is 3. The van der Waals surface area contributed by atoms with Crippen LogP contribution in [0.25, 0.3) is 0 Å². The lowest BCUT2D eigenvalue weighted by Gasteiger charge is -2.21. The summed E-state index contributed by atoms with van der Waals surface area (Å²) in [5.74, 6) is -2.14. The van der Waals surface area contributed by atoms with Gasteiger partial charge in [0, 0.05) is 18.5 Å². The van der Waals surface area contributed by atoms with E-state index >= 15 is 0 Å². The molecule has 2 atom stereocenters. The van der Waals surface area contributed by atoms with Crippen molar-refractivity contribution < 1.29 is 33.0 Å². The molecule has 1 amide bonds. The number of carbonyl (C=O) groups is 2. The predicted molar refractivity (Wildman–Crippen MR) is 64.5 cm³/mol. The molecule has 114 valence electrons. The van der Waals surface area contributed by atoms with E-state index in [2.05, 4.69) is 0 Å². The van der Waals surface area contributed by atoms with Crippen LogP contribution >= 0.6 is 0 Å². The Morgan fingerprint density at radius 1 is 1.29 bits per heavy atom. The monoisotopic (exact) mass is 303 g/mol. The molecule has 1 fully saturated rings. The number of carbonyl (C=O) groups excluding carboxylic acids is 1. The Morgan fingerprint density at radius 3 is 2.52 bits per heavy atom. The average molecular weight is 303 g/mol. The smallest absolute Gasteiger partial charge is 0.416 e. The maximum absolute atomic E-state index is 12.6. The lowest BCUT2D eigenvalue weighted by atomic mass is 10.1. The number of carboxylic acid groups (broad SMARTS) is 1. The Labute approximate surface area is 117 Å². The Morgan fingerprint density at radius 2 is 1.95 bits per heavy atom. The van der Waals surface area contributed by atoms with Gasteiger partial charge >= 0.3 is 12.1 Å². The number of rotatable bonds is 2. The fraction of sp³-hybridized carbons (Fsp3) is 0.385. The first-order valence-corrected chi connectivity index (χ1v) is 6.09. The number of aliphatic hydroxyl groups excluding tert-OH is 1. The van der Waals surface area contributed by atoms with Gasteiger partial charge in [0.25, 0.3) is 5.91 Å². The van der Waals surface area contributed by atoms with E-state index in [1.54, 1.807) is 0 Å². The van der Waals surface area contributed by atoms with Gasteiger partial charge in [0.15, 0.2) is 0 Å². The number of benzene rings is 1. The van der Waals surface area contributed by atoms with E-state index in [0.29, 0.717) is 6.07 Å². The zero-order valence-corrected chi connectivity index (χ0v) is 10.7. The zero-order chi connectivity index (χ0) is 15.8. The number of hydrogen-bond donors (Lipinski definition) is 2. The van der Waals surface area contributed by atoms with E-state index in [4.69, 9.17) is 5.11 Å². The Bertz CT molecular complexity index is 573. The van der Waals surface area contributed by atoms with Crippen molar-refractivity contribution in [1.29, 1.82) is 0 Å². The summed E-state index contributed by atoms with van der Waals surface area (Å²) in [6.07, 6.45) is -5.73. The molecule has 5 nitrogen and oxygen atoms in total. The molecule has 0 spiro atoms. The van der Waals surface area contributed by atoms with Crippen molar-refractivity contribution in [2.75, 3.05) is 6.54 Å². The van der Waals surface area contributed by atoms with Crippen molar-refractivity contribution in [3.63, 3.8) is 0 Å². The molecule has 2 rings (SSSR count). The molecule has 0 radical (unpaired) electrons. The minimum Gasteiger partial charge on any atom is -0.480 e. The molecule has 0 saturated carbocycles. The summed E-state index contributed by atoms with van der Waals surface area (Å²) in [5, 5.41) is 18.5. The van der Waals surface area contributed by atoms with Crippen LogP contribution in [0.15, 0.2) is 24.3 Å². The molecule has 1 heterocycles. The summed E-state index contributed by atoms with van der Waals surface area (Å²) in [5.41, 5.74) is -1.25. The van der Waals surface area contributed by atoms with Crippen LogP contribution in [-0.4, -0.2) is 45.7 Å². The lowest BCUT2D eigenvalue weighted by molar-refractivity contribution is -0.141. The van der Waals surface area contributed by atoms with Gasteiger partial charge in [-0.2, -0.15) is 13.2 Å². The molecule has 2 N–H and O–H groups in total. The molecule has 0 aliphatic carbocycles. The highest BCUT2D eigenvalue weighted by Crippen LogP contribution is 2.30. The Kier molecular flexibility index (Phi) is 3.91. The molecule has 1 unspecified atom stereocenters. The summed E-state index contributed by atoms with van der Waals surface area (Å²) >= 11 is 0. The summed E-state index contributed by atoms with van der Waals surface area (Å²) in [7, 11) is 0. The van der Waals surface area contributed by atoms with E-state index in [0.717, 1.165) is 17.0 Å². The first kappa shape index (κ1) is 15.3. The maximum Gasteiger partial charge on any atom is 0.416 e. The van der Waals surface area contributed by atoms with Crippen molar-refractivity contribution in [2.45, 2.75) is 24.7 Å². The van der Waals surface area contributed by atoms with Crippen LogP contribution in [0.3, 0.4) is 0 Å². The number of aliphatic hydroxyl groups is 1. The SMILES string of the molecule is O=C(O)[C@@H]1CC(O)CN1C(=O)c1cccc(C(F)(F)F)c1. The number of nitrogens with zero attached hydrogens (tertiary/aromatic N) is 1. The number of hydrogen-bond acceptors (Lipinski definition) is 3. The topological polar surface area (TPSA) is 77.8 Å². The third-order valence-corrected chi connectivity index (χ3v) is 3.26. The van der Waals surface area contributed by atoms with E-state index in [9.17, 15) is 27.9 Å². The van der Waals surface area contributed by atoms with Crippen LogP contribution in [0, 0.1) is 0 Å². The van der Waals surface area contributed by atoms with Crippen LogP contribution in [0.5, 0.6) is 0 Å². The molecule has 1 aromatic carbocycles. The van der Waals surface area contributed by atoms with Gasteiger partial charge in [-0.1, -0.05) is 6.07 Å². The van der Waals surface area contributed by atoms with Gasteiger partial charge < -0.3 is 15.1 Å². The van der Waals surface area contributed by atoms with Gasteiger partial charge in [0.05, 0.1) is 11.7 Å². The summed E-state index contributed by atoms with van der Waals surface area (Å²) < 4.78 is 37.8. The van der Waals surface area contributed by atoms with E-state index in [1.165, 1.54) is 6.07 Å². The van der Waals surface area contributed by atoms with Crippen molar-refractivity contribution in [3.05, 3.63) is 35.4 Å². The van der Waals surface area contributed by atoms with Gasteiger partial charge in [0.1, 0.15) is 6.04 Å². The lowest BCUT2D eigenvalue weighted by Crippen LogP contribution is -2.40. The van der Waals surface area contributed by atoms with Crippen molar-refractivity contribution >= 4 is 11.9 Å². The number of carboxylic acids is 1. The standard InChI is InChI=1S/C13H12F3NO4/c14-13(15,16)8-3-1-2-7(4-8)11(19)17-6-9(18)5-10(17)12(20)21/h1-4,9-10,18H,5-6H2,(H,20,21)/t9?,10-/m0/s1. The number of β-amino-alcohol motifs (C(OH)–C–C–N with tert-alkyl or cyclic N) is 1. The Hall–Kier alpha value is -2.09. The molecule has 1 aromatic rings. The minimum absolute atomic E-state index is 0.139. The fourth-order valence-corrected chi connectivity index (χ4v) is 2.27. The highest BCUT2D eigenvalue weighted by molar-refractivity contribution is 5.97. The number of halogens is 3. The average Bonchev–Trinajstić information content (AvgIpc) is 2.79. The van der Waals surface area contributed by atoms with Crippen molar-refractivity contribution in [2.24, 2.45) is 0 Å². The number of aliphatic carboxylic acids is 1. The predicted octanol–water partition coefficient (Wildman–Crippen LogP) is 1.37. The second-order valence-electron chi connectivity index (χ2n) is 4.78. The molecule has 21 heavy (non-hydrogen) atoms. The minimum atomic E-state index is -4.59. The normalized spacial score (nSPS) is 22.4. The number of likely N-dealkylation sites (tertiary alicyclic amines) is 1. The van der Waals surface area contributed by atoms with Crippen LogP contribution < -0.4 is 0 Å². The molecular formula is C13H12F3NO4. The van der Waals surface area contributed by atoms with Crippen LogP contribution in [0.2, 0.25) is 0 Å². The Balaban J connectivity index is 2.30. The quantitative estimate of drug-likeness (QED) is 0.865. The van der Waals surface area contributed by atoms with Gasteiger partial charge in [-0.15, -0.1) is 0 Å². The first-order valence-electron chi connectivity index (χ1n) is 6.09. The van der Waals surface area contributed by atoms with Crippen molar-refractivity contribution in [1.82, 2.24) is 4.90 Å². The largest absolute Gasteiger partial charge is 0.480 e.